The first-order valence-corrected chi connectivity index (χ1v) is 12.2. The summed E-state index contributed by atoms with van der Waals surface area (Å²) in [6.45, 7) is 4.69. The van der Waals surface area contributed by atoms with E-state index in [0.29, 0.717) is 0 Å². The molecule has 0 unspecified atom stereocenters. The number of anilines is 3. The number of aromatic amines is 1. The lowest BCUT2D eigenvalue weighted by Gasteiger charge is -2.25. The molecule has 6 aromatic rings. The molecule has 1 aromatic heterocycles. The van der Waals surface area contributed by atoms with Crippen molar-refractivity contribution in [1.29, 1.82) is 0 Å². The lowest BCUT2D eigenvalue weighted by molar-refractivity contribution is 0.661. The highest BCUT2D eigenvalue weighted by molar-refractivity contribution is 6.17. The van der Waals surface area contributed by atoms with Crippen molar-refractivity contribution in [3.05, 3.63) is 126 Å². The highest BCUT2D eigenvalue weighted by Gasteiger charge is 2.36. The Morgan fingerprint density at radius 2 is 1.20 bits per heavy atom. The molecule has 0 fully saturated rings. The van der Waals surface area contributed by atoms with Crippen LogP contribution in [-0.2, 0) is 5.41 Å². The number of fused-ring (bicyclic) bond motifs is 7. The molecule has 0 aliphatic heterocycles. The number of rotatable bonds is 3. The van der Waals surface area contributed by atoms with E-state index in [0.717, 1.165) is 17.1 Å². The molecule has 168 valence electrons. The normalized spacial score (nSPS) is 13.7. The van der Waals surface area contributed by atoms with Crippen molar-refractivity contribution in [3.8, 4) is 11.1 Å². The van der Waals surface area contributed by atoms with Crippen LogP contribution < -0.4 is 4.90 Å². The van der Waals surface area contributed by atoms with Gasteiger partial charge in [-0.25, -0.2) is 0 Å². The molecule has 2 heteroatoms. The molecule has 0 atom stereocenters. The lowest BCUT2D eigenvalue weighted by Crippen LogP contribution is -2.14. The highest BCUT2D eigenvalue weighted by Crippen LogP contribution is 2.52. The molecule has 35 heavy (non-hydrogen) atoms. The number of hydrogen-bond acceptors (Lipinski definition) is 1. The van der Waals surface area contributed by atoms with Crippen LogP contribution in [0.4, 0.5) is 17.1 Å². The largest absolute Gasteiger partial charge is 0.354 e. The zero-order chi connectivity index (χ0) is 23.6. The van der Waals surface area contributed by atoms with Crippen molar-refractivity contribution in [2.24, 2.45) is 0 Å². The van der Waals surface area contributed by atoms with E-state index in [4.69, 9.17) is 0 Å². The van der Waals surface area contributed by atoms with Gasteiger partial charge in [-0.05, 0) is 70.8 Å². The van der Waals surface area contributed by atoms with Gasteiger partial charge in [0.2, 0.25) is 0 Å². The minimum absolute atomic E-state index is 0.0125. The van der Waals surface area contributed by atoms with Crippen LogP contribution in [0.5, 0.6) is 0 Å². The standard InChI is InChI=1S/C33H26N2/c1-33(2)27-16-10-9-15-25(27)31-28(33)18-20-30-32(31)26-21-24(17-19-29(26)34-30)35(22-11-5-3-6-12-22)23-13-7-4-8-14-23/h3-21,34H,1-2H3. The third-order valence-corrected chi connectivity index (χ3v) is 7.58. The predicted octanol–water partition coefficient (Wildman–Crippen LogP) is 9.10. The topological polar surface area (TPSA) is 19.0 Å². The zero-order valence-corrected chi connectivity index (χ0v) is 19.9. The molecule has 5 aromatic carbocycles. The molecular formula is C33H26N2. The molecule has 0 bridgehead atoms. The fourth-order valence-electron chi connectivity index (χ4n) is 5.91. The van der Waals surface area contributed by atoms with Crippen molar-refractivity contribution >= 4 is 38.9 Å². The van der Waals surface area contributed by atoms with E-state index < -0.39 is 0 Å². The molecular weight excluding hydrogens is 424 g/mol. The van der Waals surface area contributed by atoms with Gasteiger partial charge in [0.15, 0.2) is 0 Å². The minimum Gasteiger partial charge on any atom is -0.354 e. The Bertz CT molecular complexity index is 1670. The molecule has 0 saturated heterocycles. The quantitative estimate of drug-likeness (QED) is 0.285. The summed E-state index contributed by atoms with van der Waals surface area (Å²) >= 11 is 0. The van der Waals surface area contributed by atoms with Gasteiger partial charge in [0.05, 0.1) is 0 Å². The van der Waals surface area contributed by atoms with Gasteiger partial charge in [-0.1, -0.05) is 80.6 Å². The maximum absolute atomic E-state index is 3.69. The molecule has 2 nitrogen and oxygen atoms in total. The van der Waals surface area contributed by atoms with Crippen LogP contribution in [0.3, 0.4) is 0 Å². The van der Waals surface area contributed by atoms with Crippen LogP contribution >= 0.6 is 0 Å². The second-order valence-electron chi connectivity index (χ2n) is 9.94. The van der Waals surface area contributed by atoms with E-state index in [2.05, 4.69) is 139 Å². The summed E-state index contributed by atoms with van der Waals surface area (Å²) in [4.78, 5) is 6.03. The Kier molecular flexibility index (Phi) is 4.22. The summed E-state index contributed by atoms with van der Waals surface area (Å²) in [6, 6.07) is 41.5. The van der Waals surface area contributed by atoms with Crippen molar-refractivity contribution in [2.45, 2.75) is 19.3 Å². The Labute approximate surface area is 205 Å². The molecule has 1 heterocycles. The van der Waals surface area contributed by atoms with Gasteiger partial charge < -0.3 is 9.88 Å². The van der Waals surface area contributed by atoms with Gasteiger partial charge in [0.25, 0.3) is 0 Å². The molecule has 1 aliphatic rings. The van der Waals surface area contributed by atoms with Gasteiger partial charge in [-0.3, -0.25) is 0 Å². The average Bonchev–Trinajstić information content (AvgIpc) is 3.38. The monoisotopic (exact) mass is 450 g/mol. The van der Waals surface area contributed by atoms with Gasteiger partial charge in [-0.2, -0.15) is 0 Å². The fourth-order valence-corrected chi connectivity index (χ4v) is 5.91. The van der Waals surface area contributed by atoms with Crippen molar-refractivity contribution in [1.82, 2.24) is 4.98 Å². The molecule has 0 spiro atoms. The Balaban J connectivity index is 1.53. The number of benzene rings is 5. The predicted molar refractivity (Wildman–Crippen MR) is 148 cm³/mol. The lowest BCUT2D eigenvalue weighted by atomic mass is 9.82. The molecule has 0 radical (unpaired) electrons. The first-order valence-electron chi connectivity index (χ1n) is 12.2. The van der Waals surface area contributed by atoms with Gasteiger partial charge in [0.1, 0.15) is 0 Å². The van der Waals surface area contributed by atoms with E-state index in [9.17, 15) is 0 Å². The van der Waals surface area contributed by atoms with Crippen LogP contribution in [0.15, 0.2) is 115 Å². The molecule has 0 amide bonds. The van der Waals surface area contributed by atoms with Crippen LogP contribution in [0.2, 0.25) is 0 Å². The third-order valence-electron chi connectivity index (χ3n) is 7.58. The summed E-state index contributed by atoms with van der Waals surface area (Å²) in [5, 5.41) is 2.58. The van der Waals surface area contributed by atoms with E-state index in [1.165, 1.54) is 44.1 Å². The van der Waals surface area contributed by atoms with Gasteiger partial charge >= 0.3 is 0 Å². The molecule has 0 saturated carbocycles. The van der Waals surface area contributed by atoms with Crippen LogP contribution in [0, 0.1) is 0 Å². The molecule has 1 N–H and O–H groups in total. The maximum atomic E-state index is 3.69. The van der Waals surface area contributed by atoms with E-state index in [1.807, 2.05) is 0 Å². The number of H-pyrrole nitrogens is 1. The van der Waals surface area contributed by atoms with Crippen LogP contribution in [0.25, 0.3) is 32.9 Å². The van der Waals surface area contributed by atoms with Crippen molar-refractivity contribution in [3.63, 3.8) is 0 Å². The SMILES string of the molecule is CC1(C)c2ccccc2-c2c1ccc1[nH]c3ccc(N(c4ccccc4)c4ccccc4)cc3c21. The molecule has 7 rings (SSSR count). The summed E-state index contributed by atoms with van der Waals surface area (Å²) < 4.78 is 0. The van der Waals surface area contributed by atoms with Gasteiger partial charge in [0, 0.05) is 44.3 Å². The zero-order valence-electron chi connectivity index (χ0n) is 19.9. The third kappa shape index (κ3) is 2.90. The Morgan fingerprint density at radius 3 is 1.91 bits per heavy atom. The van der Waals surface area contributed by atoms with Gasteiger partial charge in [-0.15, -0.1) is 0 Å². The summed E-state index contributed by atoms with van der Waals surface area (Å²) in [6.07, 6.45) is 0. The number of nitrogens with zero attached hydrogens (tertiary/aromatic N) is 1. The van der Waals surface area contributed by atoms with E-state index in [-0.39, 0.29) is 5.41 Å². The maximum Gasteiger partial charge on any atom is 0.0471 e. The smallest absolute Gasteiger partial charge is 0.0471 e. The number of nitrogens with one attached hydrogen (secondary N) is 1. The number of aromatic nitrogens is 1. The average molecular weight is 451 g/mol. The fraction of sp³-hybridized carbons (Fsp3) is 0.0909. The number of hydrogen-bond donors (Lipinski definition) is 1. The van der Waals surface area contributed by atoms with Crippen LogP contribution in [-0.4, -0.2) is 4.98 Å². The highest BCUT2D eigenvalue weighted by atomic mass is 15.1. The first-order chi connectivity index (χ1) is 17.1. The van der Waals surface area contributed by atoms with E-state index in [1.54, 1.807) is 0 Å². The minimum atomic E-state index is -0.0125. The summed E-state index contributed by atoms with van der Waals surface area (Å²) in [7, 11) is 0. The molecule has 1 aliphatic carbocycles. The second kappa shape index (κ2) is 7.35. The number of para-hydroxylation sites is 2. The Hall–Kier alpha value is -4.30. The van der Waals surface area contributed by atoms with Crippen LogP contribution in [0.1, 0.15) is 25.0 Å². The second-order valence-corrected chi connectivity index (χ2v) is 9.94. The van der Waals surface area contributed by atoms with E-state index >= 15 is 0 Å². The van der Waals surface area contributed by atoms with Crippen molar-refractivity contribution < 1.29 is 0 Å². The summed E-state index contributed by atoms with van der Waals surface area (Å²) in [5.74, 6) is 0. The summed E-state index contributed by atoms with van der Waals surface area (Å²) in [5.41, 5.74) is 11.3. The first kappa shape index (κ1) is 20.1. The Morgan fingerprint density at radius 1 is 0.571 bits per heavy atom. The van der Waals surface area contributed by atoms with Crippen molar-refractivity contribution in [2.75, 3.05) is 4.90 Å².